The molecule has 5 heterocycles. The van der Waals surface area contributed by atoms with Gasteiger partial charge in [0, 0.05) is 85.7 Å². The maximum atomic E-state index is 14.7. The van der Waals surface area contributed by atoms with E-state index < -0.39 is 71.7 Å². The summed E-state index contributed by atoms with van der Waals surface area (Å²) in [7, 11) is 2.98. The van der Waals surface area contributed by atoms with Crippen LogP contribution in [-0.2, 0) is 52.8 Å². The first-order chi connectivity index (χ1) is 32.5. The highest BCUT2D eigenvalue weighted by Gasteiger charge is 2.46. The number of amides is 4. The molecule has 2 saturated heterocycles. The summed E-state index contributed by atoms with van der Waals surface area (Å²) in [5, 5.41) is 18.4. The molecule has 69 heavy (non-hydrogen) atoms. The molecule has 0 spiro atoms. The molecule has 6 bridgehead atoms. The van der Waals surface area contributed by atoms with E-state index in [0.717, 1.165) is 5.01 Å². The number of aromatic nitrogens is 2. The number of hydrogen-bond acceptors (Lipinski definition) is 12. The Kier molecular flexibility index (Phi) is 16.1. The molecule has 16 nitrogen and oxygen atoms in total. The van der Waals surface area contributed by atoms with Crippen molar-refractivity contribution in [1.82, 2.24) is 35.1 Å². The van der Waals surface area contributed by atoms with Crippen molar-refractivity contribution in [3.8, 4) is 11.3 Å². The van der Waals surface area contributed by atoms with Gasteiger partial charge in [-0.3, -0.25) is 29.2 Å². The number of benzene rings is 1. The molecule has 0 radical (unpaired) electrons. The van der Waals surface area contributed by atoms with Crippen LogP contribution in [0, 0.1) is 17.3 Å². The molecule has 3 aliphatic heterocycles. The van der Waals surface area contributed by atoms with Crippen LogP contribution in [0.2, 0.25) is 0 Å². The smallest absolute Gasteiger partial charge is 0.406 e. The molecule has 1 aromatic carbocycles. The number of fused-ring (bicyclic) bond motifs is 6. The molecule has 3 aromatic rings. The van der Waals surface area contributed by atoms with E-state index in [0.29, 0.717) is 51.5 Å². The van der Waals surface area contributed by atoms with Crippen molar-refractivity contribution < 1.29 is 51.7 Å². The summed E-state index contributed by atoms with van der Waals surface area (Å²) in [6, 6.07) is 2.66. The third kappa shape index (κ3) is 11.5. The Morgan fingerprint density at radius 2 is 1.90 bits per heavy atom. The zero-order valence-electron chi connectivity index (χ0n) is 40.4. The molecule has 374 valence electrons. The molecule has 0 saturated carbocycles. The number of nitrogens with zero attached hydrogens (tertiary/aromatic N) is 6. The number of aliphatic imine (C=N–C) groups is 1. The molecule has 4 amide bonds. The van der Waals surface area contributed by atoms with Crippen LogP contribution in [0.1, 0.15) is 77.1 Å². The number of esters is 1. The molecule has 2 fully saturated rings. The highest BCUT2D eigenvalue weighted by molar-refractivity contribution is 7.10. The lowest BCUT2D eigenvalue weighted by atomic mass is 9.84. The predicted octanol–water partition coefficient (Wildman–Crippen LogP) is 5.84. The quantitative estimate of drug-likeness (QED) is 0.0862. The van der Waals surface area contributed by atoms with E-state index in [9.17, 15) is 42.3 Å². The Morgan fingerprint density at radius 1 is 1.17 bits per heavy atom. The molecule has 2 aromatic heterocycles. The highest BCUT2D eigenvalue weighted by atomic mass is 32.1. The topological polar surface area (TPSA) is 188 Å². The van der Waals surface area contributed by atoms with Gasteiger partial charge in [-0.25, -0.2) is 9.78 Å². The fraction of sp³-hybridized carbons (Fsp3) is 0.531. The number of hydrazine groups is 1. The number of allylic oxidation sites excluding steroid dienone is 2. The fourth-order valence-corrected chi connectivity index (χ4v) is 10.3. The van der Waals surface area contributed by atoms with Crippen LogP contribution in [0.4, 0.5) is 13.2 Å². The van der Waals surface area contributed by atoms with Gasteiger partial charge in [0.25, 0.3) is 5.91 Å². The Bertz CT molecular complexity index is 2550. The summed E-state index contributed by atoms with van der Waals surface area (Å²) in [5.74, 6) is -4.03. The number of aliphatic hydroxyl groups is 1. The third-order valence-corrected chi connectivity index (χ3v) is 13.7. The molecule has 5 atom stereocenters. The van der Waals surface area contributed by atoms with Gasteiger partial charge in [0.1, 0.15) is 18.6 Å². The third-order valence-electron chi connectivity index (χ3n) is 12.9. The van der Waals surface area contributed by atoms with Crippen molar-refractivity contribution in [1.29, 1.82) is 0 Å². The van der Waals surface area contributed by atoms with Crippen LogP contribution in [0.15, 0.2) is 59.6 Å². The number of carbonyl (C=O) groups is 5. The predicted molar refractivity (Wildman–Crippen MR) is 256 cm³/mol. The normalized spacial score (nSPS) is 22.5. The first-order valence-electron chi connectivity index (χ1n) is 23.0. The van der Waals surface area contributed by atoms with Gasteiger partial charge in [-0.05, 0) is 62.8 Å². The molecular weight excluding hydrogens is 918 g/mol. The van der Waals surface area contributed by atoms with Gasteiger partial charge in [0.05, 0.1) is 40.7 Å². The number of likely N-dealkylation sites (tertiary alicyclic amines) is 1. The van der Waals surface area contributed by atoms with Gasteiger partial charge in [-0.15, -0.1) is 11.3 Å². The number of nitrogens with one attached hydrogen (secondary N) is 2. The Morgan fingerprint density at radius 3 is 2.54 bits per heavy atom. The number of thiazole rings is 1. The highest BCUT2D eigenvalue weighted by Crippen LogP contribution is 2.41. The Hall–Kier alpha value is -5.70. The first-order valence-corrected chi connectivity index (χ1v) is 23.9. The zero-order valence-corrected chi connectivity index (χ0v) is 41.3. The van der Waals surface area contributed by atoms with Crippen molar-refractivity contribution in [3.05, 3.63) is 70.9 Å². The SMILES string of the molecule is C=CC(=O)N1CC[C@H](C(=O)N(C)[C@H](C(=O)N[C@H]2Cc3nc(cs3)-c3ccc4c(c3)c(c(/C(C=C)=C(/N=C\C)[C@H](C)OC)n4CC(F)(F)F)CC(C)(C)COC(=O)[C@@]3(O)CCCN(N3)C2=O)C(C)C)C1. The lowest BCUT2D eigenvalue weighted by Gasteiger charge is -2.40. The largest absolute Gasteiger partial charge is 0.462 e. The van der Waals surface area contributed by atoms with E-state index in [1.807, 2.05) is 0 Å². The van der Waals surface area contributed by atoms with Crippen LogP contribution in [-0.4, -0.2) is 136 Å². The number of rotatable bonds is 12. The van der Waals surface area contributed by atoms with E-state index in [2.05, 4.69) is 28.9 Å². The lowest BCUT2D eigenvalue weighted by Crippen LogP contribution is -2.67. The van der Waals surface area contributed by atoms with Crippen molar-refractivity contribution in [3.63, 3.8) is 0 Å². The van der Waals surface area contributed by atoms with Crippen molar-refractivity contribution in [2.24, 2.45) is 22.2 Å². The minimum Gasteiger partial charge on any atom is -0.462 e. The average Bonchev–Trinajstić information content (AvgIpc) is 4.05. The fourth-order valence-electron chi connectivity index (χ4n) is 9.43. The lowest BCUT2D eigenvalue weighted by molar-refractivity contribution is -0.189. The van der Waals surface area contributed by atoms with Crippen molar-refractivity contribution in [2.45, 2.75) is 110 Å². The first kappa shape index (κ1) is 52.7. The average molecular weight is 981 g/mol. The summed E-state index contributed by atoms with van der Waals surface area (Å²) in [6.07, 6.45) is -0.780. The van der Waals surface area contributed by atoms with Crippen LogP contribution >= 0.6 is 11.3 Å². The number of cyclic esters (lactones) is 1. The van der Waals surface area contributed by atoms with Gasteiger partial charge in [-0.2, -0.15) is 18.6 Å². The number of alkyl halides is 3. The number of ether oxygens (including phenoxy) is 2. The van der Waals surface area contributed by atoms with E-state index in [1.54, 1.807) is 65.1 Å². The number of hydrogen-bond donors (Lipinski definition) is 3. The summed E-state index contributed by atoms with van der Waals surface area (Å²) < 4.78 is 56.7. The van der Waals surface area contributed by atoms with Crippen LogP contribution < -0.4 is 10.7 Å². The number of likely N-dealkylation sites (N-methyl/N-ethyl adjacent to an activating group) is 1. The second-order valence-corrected chi connectivity index (χ2v) is 20.0. The standard InChI is InChI=1S/C49H63F3N8O8S/c1-11-32(40(53-13-3)29(6)67-10)42-34-23-47(7,8)27-68-46(65)48(66)18-14-19-60(56-48)45(64)35(55-43(62)41(28(4)5)57(9)44(63)31-17-20-58(24-31)39(61)12-2)22-38-54-36(25-69-38)30-15-16-37(33(34)21-30)59(42)26-49(50,51)52/h11-13,15-16,21,25,28-29,31,35,41,56,66H,1-2,14,17-20,22-24,26-27H2,3-10H3,(H,55,62)/b40-32+,53-13-/t29-,31-,35-,41-,48-/m0/s1. The van der Waals surface area contributed by atoms with E-state index in [-0.39, 0.29) is 68.4 Å². The minimum atomic E-state index is -4.66. The Balaban J connectivity index is 1.48. The van der Waals surface area contributed by atoms with Gasteiger partial charge in [-0.1, -0.05) is 53.0 Å². The van der Waals surface area contributed by atoms with Crippen LogP contribution in [0.5, 0.6) is 0 Å². The minimum absolute atomic E-state index is 0.0500. The molecule has 20 heteroatoms. The molecule has 0 aliphatic carbocycles. The van der Waals surface area contributed by atoms with Gasteiger partial charge in [0.2, 0.25) is 23.4 Å². The zero-order chi connectivity index (χ0) is 50.7. The maximum Gasteiger partial charge on any atom is 0.406 e. The number of methoxy groups -OCH3 is 1. The van der Waals surface area contributed by atoms with E-state index in [4.69, 9.17) is 14.5 Å². The van der Waals surface area contributed by atoms with Crippen LogP contribution in [0.25, 0.3) is 27.7 Å². The van der Waals surface area contributed by atoms with Gasteiger partial charge in [0.15, 0.2) is 0 Å². The Labute approximate surface area is 404 Å². The summed E-state index contributed by atoms with van der Waals surface area (Å²) in [5.41, 5.74) is 1.95. The number of halogens is 3. The van der Waals surface area contributed by atoms with E-state index >= 15 is 0 Å². The molecule has 3 N–H and O–H groups in total. The van der Waals surface area contributed by atoms with Gasteiger partial charge >= 0.3 is 12.1 Å². The number of carbonyl (C=O) groups excluding carboxylic acids is 5. The summed E-state index contributed by atoms with van der Waals surface area (Å²) >= 11 is 1.20. The summed E-state index contributed by atoms with van der Waals surface area (Å²) in [4.78, 5) is 81.5. The summed E-state index contributed by atoms with van der Waals surface area (Å²) in [6.45, 7) is 17.0. The molecule has 3 aliphatic rings. The van der Waals surface area contributed by atoms with E-state index in [1.165, 1.54) is 58.2 Å². The maximum absolute atomic E-state index is 14.7. The molecule has 6 rings (SSSR count). The second kappa shape index (κ2) is 21.1. The monoisotopic (exact) mass is 980 g/mol. The van der Waals surface area contributed by atoms with Gasteiger partial charge < -0.3 is 34.3 Å². The molecular formula is C49H63F3N8O8S. The van der Waals surface area contributed by atoms with Crippen molar-refractivity contribution in [2.75, 3.05) is 40.4 Å². The van der Waals surface area contributed by atoms with Crippen molar-refractivity contribution >= 4 is 63.6 Å². The molecule has 0 unspecified atom stereocenters. The second-order valence-electron chi connectivity index (χ2n) is 19.0. The van der Waals surface area contributed by atoms with Crippen LogP contribution in [0.3, 0.4) is 0 Å².